The summed E-state index contributed by atoms with van der Waals surface area (Å²) < 4.78 is 1.35. The molecule has 0 aliphatic rings. The first-order valence-corrected chi connectivity index (χ1v) is 2.32. The SMILES string of the molecule is Cl.Cn1cncc1[N+](=O)[O-]. The Kier molecular flexibility index (Phi) is 2.82. The van der Waals surface area contributed by atoms with Gasteiger partial charge in [0.05, 0.1) is 7.05 Å². The molecule has 0 saturated carbocycles. The zero-order valence-corrected chi connectivity index (χ0v) is 6.04. The summed E-state index contributed by atoms with van der Waals surface area (Å²) in [5.41, 5.74) is 0. The van der Waals surface area contributed by atoms with Gasteiger partial charge in [-0.15, -0.1) is 12.4 Å². The summed E-state index contributed by atoms with van der Waals surface area (Å²) in [5, 5.41) is 10.0. The molecule has 1 aromatic rings. The molecule has 10 heavy (non-hydrogen) atoms. The Morgan fingerprint density at radius 3 is 2.60 bits per heavy atom. The van der Waals surface area contributed by atoms with Crippen molar-refractivity contribution in [2.45, 2.75) is 0 Å². The van der Waals surface area contributed by atoms with E-state index in [1.54, 1.807) is 7.05 Å². The van der Waals surface area contributed by atoms with Gasteiger partial charge in [-0.25, -0.2) is 9.55 Å². The van der Waals surface area contributed by atoms with Crippen molar-refractivity contribution in [1.82, 2.24) is 9.55 Å². The Hall–Kier alpha value is -1.10. The minimum absolute atomic E-state index is 0. The molecule has 0 radical (unpaired) electrons. The van der Waals surface area contributed by atoms with Gasteiger partial charge in [-0.05, 0) is 4.92 Å². The van der Waals surface area contributed by atoms with E-state index in [1.165, 1.54) is 17.1 Å². The third-order valence-corrected chi connectivity index (χ3v) is 0.978. The number of aryl methyl sites for hydroxylation is 1. The highest BCUT2D eigenvalue weighted by Crippen LogP contribution is 2.05. The number of nitro groups is 1. The van der Waals surface area contributed by atoms with Crippen LogP contribution in [0.4, 0.5) is 5.82 Å². The zero-order valence-electron chi connectivity index (χ0n) is 5.22. The maximum atomic E-state index is 10.0. The molecule has 0 unspecified atom stereocenters. The van der Waals surface area contributed by atoms with Crippen molar-refractivity contribution in [1.29, 1.82) is 0 Å². The molecule has 0 aromatic carbocycles. The van der Waals surface area contributed by atoms with Crippen LogP contribution in [0.2, 0.25) is 0 Å². The highest BCUT2D eigenvalue weighted by molar-refractivity contribution is 5.85. The Morgan fingerprint density at radius 1 is 1.80 bits per heavy atom. The first kappa shape index (κ1) is 8.90. The summed E-state index contributed by atoms with van der Waals surface area (Å²) in [6.45, 7) is 0. The van der Waals surface area contributed by atoms with E-state index in [0.29, 0.717) is 0 Å². The average Bonchev–Trinajstić information content (AvgIpc) is 2.13. The number of rotatable bonds is 1. The smallest absolute Gasteiger partial charge is 0.342 e. The zero-order chi connectivity index (χ0) is 6.85. The van der Waals surface area contributed by atoms with Crippen molar-refractivity contribution in [3.05, 3.63) is 22.6 Å². The van der Waals surface area contributed by atoms with Crippen LogP contribution in [-0.2, 0) is 7.05 Å². The van der Waals surface area contributed by atoms with Crippen LogP contribution in [0.25, 0.3) is 0 Å². The van der Waals surface area contributed by atoms with Crippen LogP contribution in [0.15, 0.2) is 12.5 Å². The summed E-state index contributed by atoms with van der Waals surface area (Å²) in [6.07, 6.45) is 2.60. The minimum atomic E-state index is -0.479. The number of halogens is 1. The third-order valence-electron chi connectivity index (χ3n) is 0.978. The second kappa shape index (κ2) is 3.17. The van der Waals surface area contributed by atoms with Crippen LogP contribution in [-0.4, -0.2) is 14.5 Å². The van der Waals surface area contributed by atoms with E-state index in [2.05, 4.69) is 4.98 Å². The van der Waals surface area contributed by atoms with Crippen molar-refractivity contribution >= 4 is 18.2 Å². The molecule has 0 aliphatic heterocycles. The monoisotopic (exact) mass is 163 g/mol. The molecule has 56 valence electrons. The van der Waals surface area contributed by atoms with E-state index in [4.69, 9.17) is 0 Å². The largest absolute Gasteiger partial charge is 0.358 e. The summed E-state index contributed by atoms with van der Waals surface area (Å²) in [7, 11) is 1.57. The fourth-order valence-corrected chi connectivity index (χ4v) is 0.526. The van der Waals surface area contributed by atoms with Gasteiger partial charge in [0.25, 0.3) is 0 Å². The molecule has 0 aliphatic carbocycles. The van der Waals surface area contributed by atoms with Crippen molar-refractivity contribution in [2.75, 3.05) is 0 Å². The summed E-state index contributed by atoms with van der Waals surface area (Å²) >= 11 is 0. The number of aromatic nitrogens is 2. The Labute approximate surface area is 63.2 Å². The Bertz CT molecular complexity index is 234. The summed E-state index contributed by atoms with van der Waals surface area (Å²) in [4.78, 5) is 13.1. The number of hydrogen-bond donors (Lipinski definition) is 0. The lowest BCUT2D eigenvalue weighted by Crippen LogP contribution is -1.94. The maximum Gasteiger partial charge on any atom is 0.342 e. The van der Waals surface area contributed by atoms with Gasteiger partial charge in [-0.2, -0.15) is 0 Å². The van der Waals surface area contributed by atoms with Crippen molar-refractivity contribution in [2.24, 2.45) is 7.05 Å². The van der Waals surface area contributed by atoms with Crippen LogP contribution in [0.1, 0.15) is 0 Å². The van der Waals surface area contributed by atoms with Crippen molar-refractivity contribution in [3.8, 4) is 0 Å². The molecule has 0 amide bonds. The van der Waals surface area contributed by atoms with Crippen LogP contribution in [0, 0.1) is 10.1 Å². The Morgan fingerprint density at radius 2 is 2.40 bits per heavy atom. The van der Waals surface area contributed by atoms with Gasteiger partial charge >= 0.3 is 5.82 Å². The second-order valence-corrected chi connectivity index (χ2v) is 1.62. The lowest BCUT2D eigenvalue weighted by molar-refractivity contribution is -0.391. The third kappa shape index (κ3) is 1.44. The van der Waals surface area contributed by atoms with Gasteiger partial charge in [0.2, 0.25) is 0 Å². The second-order valence-electron chi connectivity index (χ2n) is 1.62. The number of hydrogen-bond acceptors (Lipinski definition) is 3. The average molecular weight is 164 g/mol. The van der Waals surface area contributed by atoms with E-state index < -0.39 is 4.92 Å². The van der Waals surface area contributed by atoms with Gasteiger partial charge in [-0.3, -0.25) is 0 Å². The Balaban J connectivity index is 0.000000810. The first-order chi connectivity index (χ1) is 4.22. The van der Waals surface area contributed by atoms with E-state index in [1.807, 2.05) is 0 Å². The van der Waals surface area contributed by atoms with E-state index in [0.717, 1.165) is 0 Å². The molecule has 1 aromatic heterocycles. The van der Waals surface area contributed by atoms with Crippen LogP contribution >= 0.6 is 12.4 Å². The molecule has 6 heteroatoms. The summed E-state index contributed by atoms with van der Waals surface area (Å²) in [6, 6.07) is 0. The minimum Gasteiger partial charge on any atom is -0.358 e. The van der Waals surface area contributed by atoms with Crippen molar-refractivity contribution < 1.29 is 4.92 Å². The molecule has 0 spiro atoms. The van der Waals surface area contributed by atoms with E-state index in [-0.39, 0.29) is 18.2 Å². The quantitative estimate of drug-likeness (QED) is 0.453. The lowest BCUT2D eigenvalue weighted by atomic mass is 10.8. The maximum absolute atomic E-state index is 10.0. The molecule has 0 fully saturated rings. The molecule has 0 saturated heterocycles. The lowest BCUT2D eigenvalue weighted by Gasteiger charge is -1.89. The molecular formula is C4H6ClN3O2. The first-order valence-electron chi connectivity index (χ1n) is 2.32. The fourth-order valence-electron chi connectivity index (χ4n) is 0.526. The van der Waals surface area contributed by atoms with Gasteiger partial charge in [0, 0.05) is 0 Å². The standard InChI is InChI=1S/C4H5N3O2.ClH/c1-6-3-5-2-4(6)7(8)9;/h2-3H,1H3;1H. The van der Waals surface area contributed by atoms with E-state index in [9.17, 15) is 10.1 Å². The predicted molar refractivity (Wildman–Crippen MR) is 37.1 cm³/mol. The van der Waals surface area contributed by atoms with Crippen LogP contribution < -0.4 is 0 Å². The van der Waals surface area contributed by atoms with Crippen LogP contribution in [0.3, 0.4) is 0 Å². The molecule has 5 nitrogen and oxygen atoms in total. The highest BCUT2D eigenvalue weighted by atomic mass is 35.5. The molecule has 1 rings (SSSR count). The topological polar surface area (TPSA) is 61.0 Å². The molecule has 1 heterocycles. The van der Waals surface area contributed by atoms with Gasteiger partial charge in [-0.1, -0.05) is 0 Å². The number of imidazole rings is 1. The normalized spacial score (nSPS) is 8.50. The molecule has 0 bridgehead atoms. The van der Waals surface area contributed by atoms with Crippen LogP contribution in [0.5, 0.6) is 0 Å². The van der Waals surface area contributed by atoms with Gasteiger partial charge in [0.15, 0.2) is 6.33 Å². The highest BCUT2D eigenvalue weighted by Gasteiger charge is 2.06. The van der Waals surface area contributed by atoms with Crippen molar-refractivity contribution in [3.63, 3.8) is 0 Å². The predicted octanol–water partition coefficient (Wildman–Crippen LogP) is 0.750. The van der Waals surface area contributed by atoms with Gasteiger partial charge < -0.3 is 10.1 Å². The molecule has 0 atom stereocenters. The number of nitrogens with zero attached hydrogens (tertiary/aromatic N) is 3. The fraction of sp³-hybridized carbons (Fsp3) is 0.250. The van der Waals surface area contributed by atoms with E-state index >= 15 is 0 Å². The molecular weight excluding hydrogens is 158 g/mol. The molecule has 0 N–H and O–H groups in total. The van der Waals surface area contributed by atoms with Gasteiger partial charge in [0.1, 0.15) is 6.20 Å². The summed E-state index contributed by atoms with van der Waals surface area (Å²) in [5.74, 6) is 0.00926.